The number of aliphatic hydroxyl groups is 1. The van der Waals surface area contributed by atoms with Gasteiger partial charge in [0.1, 0.15) is 6.10 Å². The molecule has 0 radical (unpaired) electrons. The van der Waals surface area contributed by atoms with Crippen molar-refractivity contribution in [2.75, 3.05) is 0 Å². The molecule has 1 aliphatic heterocycles. The largest absolute Gasteiger partial charge is 0.383 e. The predicted octanol–water partition coefficient (Wildman–Crippen LogP) is 2.34. The molecule has 1 N–H and O–H groups in total. The lowest BCUT2D eigenvalue weighted by Crippen LogP contribution is -2.46. The average Bonchev–Trinajstić information content (AvgIpc) is 2.72. The van der Waals surface area contributed by atoms with Gasteiger partial charge in [0.15, 0.2) is 0 Å². The molecule has 2 aromatic rings. The van der Waals surface area contributed by atoms with E-state index in [1.807, 2.05) is 0 Å². The topological polar surface area (TPSA) is 88.5 Å². The first-order valence-corrected chi connectivity index (χ1v) is 10.3. The van der Waals surface area contributed by atoms with Gasteiger partial charge in [-0.05, 0) is 36.3 Å². The molecular formula is C17H15FO5S2. The lowest BCUT2D eigenvalue weighted by Gasteiger charge is -2.22. The molecule has 0 saturated heterocycles. The standard InChI is InChI=1S/C17H15FO5S2/c1-12(13-7-3-2-4-8-13)11-16(19)17(18)24(20,21)14-9-5-6-10-15(14)25(17,22)23/h2-11,16,19H,1H3/b12-11-/t16-/m0/s1. The van der Waals surface area contributed by atoms with Crippen molar-refractivity contribution in [2.45, 2.75) is 27.2 Å². The van der Waals surface area contributed by atoms with Crippen LogP contribution < -0.4 is 0 Å². The van der Waals surface area contributed by atoms with Gasteiger partial charge in [0.2, 0.25) is 19.7 Å². The number of halogens is 1. The zero-order valence-electron chi connectivity index (χ0n) is 13.1. The highest BCUT2D eigenvalue weighted by Crippen LogP contribution is 2.49. The quantitative estimate of drug-likeness (QED) is 0.880. The van der Waals surface area contributed by atoms with Gasteiger partial charge in [-0.3, -0.25) is 0 Å². The lowest BCUT2D eigenvalue weighted by atomic mass is 10.1. The van der Waals surface area contributed by atoms with Crippen molar-refractivity contribution in [1.82, 2.24) is 0 Å². The molecule has 1 aliphatic rings. The minimum atomic E-state index is -4.93. The Kier molecular flexibility index (Phi) is 4.09. The number of benzene rings is 2. The fourth-order valence-corrected chi connectivity index (χ4v) is 7.70. The van der Waals surface area contributed by atoms with Crippen LogP contribution in [0.1, 0.15) is 12.5 Å². The first-order chi connectivity index (χ1) is 11.6. The Morgan fingerprint density at radius 2 is 1.40 bits per heavy atom. The van der Waals surface area contributed by atoms with E-state index in [-0.39, 0.29) is 0 Å². The maximum Gasteiger partial charge on any atom is 0.346 e. The van der Waals surface area contributed by atoms with Crippen molar-refractivity contribution in [2.24, 2.45) is 0 Å². The Morgan fingerprint density at radius 3 is 1.88 bits per heavy atom. The van der Waals surface area contributed by atoms with Crippen LogP contribution in [-0.4, -0.2) is 32.4 Å². The number of allylic oxidation sites excluding steroid dienone is 1. The third-order valence-electron chi connectivity index (χ3n) is 4.15. The fraction of sp³-hybridized carbons (Fsp3) is 0.176. The van der Waals surface area contributed by atoms with Gasteiger partial charge in [0, 0.05) is 0 Å². The van der Waals surface area contributed by atoms with Crippen LogP contribution >= 0.6 is 0 Å². The summed E-state index contributed by atoms with van der Waals surface area (Å²) < 4.78 is 61.7. The summed E-state index contributed by atoms with van der Waals surface area (Å²) in [5.74, 6) is 0. The normalized spacial score (nSPS) is 21.5. The van der Waals surface area contributed by atoms with Gasteiger partial charge in [0.25, 0.3) is 0 Å². The second kappa shape index (κ2) is 5.76. The predicted molar refractivity (Wildman–Crippen MR) is 90.8 cm³/mol. The van der Waals surface area contributed by atoms with Gasteiger partial charge in [-0.2, -0.15) is 0 Å². The Hall–Kier alpha value is -2.03. The van der Waals surface area contributed by atoms with Gasteiger partial charge in [0.05, 0.1) is 9.79 Å². The minimum absolute atomic E-state index is 0.353. The van der Waals surface area contributed by atoms with Crippen LogP contribution in [0.2, 0.25) is 0 Å². The van der Waals surface area contributed by atoms with E-state index in [9.17, 15) is 21.9 Å². The Balaban J connectivity index is 2.16. The maximum atomic E-state index is 15.5. The molecule has 25 heavy (non-hydrogen) atoms. The van der Waals surface area contributed by atoms with Crippen LogP contribution in [-0.2, 0) is 19.7 Å². The van der Waals surface area contributed by atoms with E-state index >= 15 is 4.39 Å². The molecule has 0 unspecified atom stereocenters. The molecule has 0 aliphatic carbocycles. The summed E-state index contributed by atoms with van der Waals surface area (Å²) in [7, 11) is -9.86. The number of fused-ring (bicyclic) bond motifs is 1. The van der Waals surface area contributed by atoms with Gasteiger partial charge in [-0.25, -0.2) is 21.2 Å². The molecule has 8 heteroatoms. The molecule has 0 saturated carbocycles. The van der Waals surface area contributed by atoms with Crippen molar-refractivity contribution in [1.29, 1.82) is 0 Å². The van der Waals surface area contributed by atoms with E-state index < -0.39 is 39.9 Å². The summed E-state index contributed by atoms with van der Waals surface area (Å²) in [5, 5.41) is 10.3. The highest BCUT2D eigenvalue weighted by Gasteiger charge is 2.68. The average molecular weight is 382 g/mol. The molecule has 0 amide bonds. The van der Waals surface area contributed by atoms with Crippen molar-refractivity contribution < 1.29 is 26.3 Å². The smallest absolute Gasteiger partial charge is 0.346 e. The van der Waals surface area contributed by atoms with Crippen LogP contribution in [0.15, 0.2) is 70.5 Å². The van der Waals surface area contributed by atoms with Crippen molar-refractivity contribution in [3.05, 3.63) is 66.2 Å². The Labute approximate surface area is 145 Å². The van der Waals surface area contributed by atoms with Gasteiger partial charge >= 0.3 is 4.33 Å². The van der Waals surface area contributed by atoms with E-state index in [2.05, 4.69) is 0 Å². The molecule has 5 nitrogen and oxygen atoms in total. The summed E-state index contributed by atoms with van der Waals surface area (Å²) in [5.41, 5.74) is 0.960. The van der Waals surface area contributed by atoms with E-state index in [4.69, 9.17) is 0 Å². The molecular weight excluding hydrogens is 367 g/mol. The summed E-state index contributed by atoms with van der Waals surface area (Å²) in [6, 6.07) is 13.2. The Bertz CT molecular complexity index is 1000. The first-order valence-electron chi connectivity index (χ1n) is 7.33. The number of hydrogen-bond donors (Lipinski definition) is 1. The fourth-order valence-electron chi connectivity index (χ4n) is 2.79. The highest BCUT2D eigenvalue weighted by molar-refractivity contribution is 8.12. The van der Waals surface area contributed by atoms with Crippen LogP contribution in [0, 0.1) is 0 Å². The minimum Gasteiger partial charge on any atom is -0.383 e. The zero-order valence-corrected chi connectivity index (χ0v) is 14.8. The highest BCUT2D eigenvalue weighted by atomic mass is 32.3. The summed E-state index contributed by atoms with van der Waals surface area (Å²) in [4.78, 5) is -1.27. The van der Waals surface area contributed by atoms with Crippen molar-refractivity contribution >= 4 is 25.2 Å². The maximum absolute atomic E-state index is 15.5. The molecule has 0 spiro atoms. The summed E-state index contributed by atoms with van der Waals surface area (Å²) in [6.45, 7) is 1.53. The third kappa shape index (κ3) is 2.36. The van der Waals surface area contributed by atoms with E-state index in [1.165, 1.54) is 19.1 Å². The van der Waals surface area contributed by atoms with Crippen molar-refractivity contribution in [3.63, 3.8) is 0 Å². The number of sulfone groups is 2. The second-order valence-corrected chi connectivity index (χ2v) is 10.0. The van der Waals surface area contributed by atoms with Crippen LogP contribution in [0.5, 0.6) is 0 Å². The van der Waals surface area contributed by atoms with Gasteiger partial charge < -0.3 is 5.11 Å². The number of aliphatic hydroxyl groups excluding tert-OH is 1. The Morgan fingerprint density at radius 1 is 0.960 bits per heavy atom. The van der Waals surface area contributed by atoms with Crippen LogP contribution in [0.3, 0.4) is 0 Å². The number of hydrogen-bond acceptors (Lipinski definition) is 5. The monoisotopic (exact) mass is 382 g/mol. The lowest BCUT2D eigenvalue weighted by molar-refractivity contribution is 0.135. The van der Waals surface area contributed by atoms with Gasteiger partial charge in [-0.15, -0.1) is 0 Å². The SMILES string of the molecule is C/C(=C/[C@H](O)C1(F)S(=O)(=O)c2ccccc2S1(=O)=O)c1ccccc1. The molecule has 1 atom stereocenters. The van der Waals surface area contributed by atoms with Crippen LogP contribution in [0.4, 0.5) is 4.39 Å². The number of rotatable bonds is 3. The van der Waals surface area contributed by atoms with Crippen LogP contribution in [0.25, 0.3) is 5.57 Å². The van der Waals surface area contributed by atoms with E-state index in [0.717, 1.165) is 18.2 Å². The molecule has 0 aromatic heterocycles. The van der Waals surface area contributed by atoms with Gasteiger partial charge in [-0.1, -0.05) is 42.5 Å². The summed E-state index contributed by atoms with van der Waals surface area (Å²) >= 11 is 0. The van der Waals surface area contributed by atoms with Crippen molar-refractivity contribution in [3.8, 4) is 0 Å². The second-order valence-electron chi connectivity index (χ2n) is 5.70. The van der Waals surface area contributed by atoms with E-state index in [0.29, 0.717) is 11.1 Å². The first kappa shape index (κ1) is 17.8. The molecule has 2 aromatic carbocycles. The molecule has 1 heterocycles. The molecule has 0 bridgehead atoms. The molecule has 3 rings (SSSR count). The molecule has 132 valence electrons. The third-order valence-corrected chi connectivity index (χ3v) is 9.42. The van der Waals surface area contributed by atoms with E-state index in [1.54, 1.807) is 30.3 Å². The number of alkyl halides is 1. The molecule has 0 fully saturated rings. The summed E-state index contributed by atoms with van der Waals surface area (Å²) in [6.07, 6.45) is -1.47. The zero-order chi connectivity index (χ0) is 18.5.